The van der Waals surface area contributed by atoms with Gasteiger partial charge in [-0.1, -0.05) is 37.6 Å². The first-order valence-corrected chi connectivity index (χ1v) is 7.64. The number of hydrogen-bond donors (Lipinski definition) is 2. The minimum absolute atomic E-state index is 0.0779. The summed E-state index contributed by atoms with van der Waals surface area (Å²) in [5, 5.41) is 17.2. The summed E-state index contributed by atoms with van der Waals surface area (Å²) in [6, 6.07) is 8.21. The van der Waals surface area contributed by atoms with Gasteiger partial charge in [0.1, 0.15) is 0 Å². The van der Waals surface area contributed by atoms with E-state index in [-0.39, 0.29) is 12.6 Å². The molecule has 0 saturated carbocycles. The molecule has 1 aromatic heterocycles. The van der Waals surface area contributed by atoms with Crippen LogP contribution >= 0.6 is 0 Å². The average Bonchev–Trinajstić information content (AvgIpc) is 2.85. The number of benzene rings is 1. The highest BCUT2D eigenvalue weighted by Crippen LogP contribution is 2.22. The molecule has 21 heavy (non-hydrogen) atoms. The number of aromatic nitrogens is 2. The van der Waals surface area contributed by atoms with Gasteiger partial charge in [-0.05, 0) is 31.4 Å². The fourth-order valence-electron chi connectivity index (χ4n) is 2.40. The van der Waals surface area contributed by atoms with Crippen LogP contribution in [0, 0.1) is 6.92 Å². The Morgan fingerprint density at radius 1 is 1.38 bits per heavy atom. The van der Waals surface area contributed by atoms with Gasteiger partial charge in [0, 0.05) is 12.6 Å². The van der Waals surface area contributed by atoms with Crippen LogP contribution in [0.5, 0.6) is 0 Å². The van der Waals surface area contributed by atoms with Gasteiger partial charge in [0.15, 0.2) is 0 Å². The molecule has 1 atom stereocenters. The van der Waals surface area contributed by atoms with Gasteiger partial charge >= 0.3 is 0 Å². The predicted molar refractivity (Wildman–Crippen MR) is 86.3 cm³/mol. The summed E-state index contributed by atoms with van der Waals surface area (Å²) < 4.78 is 2.06. The Kier molecular flexibility index (Phi) is 5.39. The molecule has 0 spiro atoms. The second-order valence-electron chi connectivity index (χ2n) is 5.49. The SMILES string of the molecule is CCCCn1ncc(NC(C)c2cccc(CO)c2)c1C. The van der Waals surface area contributed by atoms with Crippen molar-refractivity contribution >= 4 is 5.69 Å². The Hall–Kier alpha value is -1.81. The molecule has 1 heterocycles. The van der Waals surface area contributed by atoms with Crippen LogP contribution in [0.3, 0.4) is 0 Å². The van der Waals surface area contributed by atoms with Gasteiger partial charge in [-0.15, -0.1) is 0 Å². The summed E-state index contributed by atoms with van der Waals surface area (Å²) in [5.74, 6) is 0. The maximum absolute atomic E-state index is 9.23. The molecular weight excluding hydrogens is 262 g/mol. The van der Waals surface area contributed by atoms with Crippen LogP contribution in [0.25, 0.3) is 0 Å². The van der Waals surface area contributed by atoms with Gasteiger partial charge in [0.05, 0.1) is 24.2 Å². The van der Waals surface area contributed by atoms with Gasteiger partial charge in [0.25, 0.3) is 0 Å². The Balaban J connectivity index is 2.08. The number of aryl methyl sites for hydroxylation is 1. The van der Waals surface area contributed by atoms with Crippen molar-refractivity contribution in [2.24, 2.45) is 0 Å². The van der Waals surface area contributed by atoms with E-state index in [4.69, 9.17) is 0 Å². The molecule has 114 valence electrons. The largest absolute Gasteiger partial charge is 0.392 e. The number of rotatable bonds is 7. The maximum atomic E-state index is 9.23. The molecule has 0 aliphatic rings. The third kappa shape index (κ3) is 3.85. The Bertz CT molecular complexity index is 577. The Morgan fingerprint density at radius 2 is 2.19 bits per heavy atom. The fraction of sp³-hybridized carbons (Fsp3) is 0.471. The number of nitrogens with zero attached hydrogens (tertiary/aromatic N) is 2. The van der Waals surface area contributed by atoms with Crippen molar-refractivity contribution in [2.45, 2.75) is 52.8 Å². The normalized spacial score (nSPS) is 12.4. The van der Waals surface area contributed by atoms with Crippen LogP contribution in [0.4, 0.5) is 5.69 Å². The van der Waals surface area contributed by atoms with Gasteiger partial charge in [-0.3, -0.25) is 4.68 Å². The summed E-state index contributed by atoms with van der Waals surface area (Å²) in [4.78, 5) is 0. The van der Waals surface area contributed by atoms with Gasteiger partial charge in [0.2, 0.25) is 0 Å². The van der Waals surface area contributed by atoms with E-state index in [0.29, 0.717) is 0 Å². The zero-order chi connectivity index (χ0) is 15.2. The van der Waals surface area contributed by atoms with E-state index in [1.807, 2.05) is 24.4 Å². The quantitative estimate of drug-likeness (QED) is 0.817. The lowest BCUT2D eigenvalue weighted by molar-refractivity contribution is 0.281. The zero-order valence-corrected chi connectivity index (χ0v) is 13.1. The summed E-state index contributed by atoms with van der Waals surface area (Å²) in [6.07, 6.45) is 4.22. The smallest absolute Gasteiger partial charge is 0.0760 e. The molecular formula is C17H25N3O. The van der Waals surface area contributed by atoms with E-state index in [1.165, 1.54) is 17.7 Å². The lowest BCUT2D eigenvalue weighted by Gasteiger charge is -2.16. The van der Waals surface area contributed by atoms with Crippen LogP contribution in [-0.4, -0.2) is 14.9 Å². The minimum Gasteiger partial charge on any atom is -0.392 e. The number of nitrogens with one attached hydrogen (secondary N) is 1. The molecule has 0 radical (unpaired) electrons. The Morgan fingerprint density at radius 3 is 2.90 bits per heavy atom. The van der Waals surface area contributed by atoms with Crippen LogP contribution in [0.2, 0.25) is 0 Å². The highest BCUT2D eigenvalue weighted by Gasteiger charge is 2.11. The molecule has 0 saturated heterocycles. The average molecular weight is 287 g/mol. The molecule has 4 heteroatoms. The summed E-state index contributed by atoms with van der Waals surface area (Å²) in [5.41, 5.74) is 4.36. The fourth-order valence-corrected chi connectivity index (χ4v) is 2.40. The van der Waals surface area contributed by atoms with Crippen LogP contribution < -0.4 is 5.32 Å². The Labute approximate surface area is 126 Å². The zero-order valence-electron chi connectivity index (χ0n) is 13.1. The third-order valence-corrected chi connectivity index (χ3v) is 3.83. The van der Waals surface area contributed by atoms with E-state index < -0.39 is 0 Å². The van der Waals surface area contributed by atoms with Crippen molar-refractivity contribution in [2.75, 3.05) is 5.32 Å². The molecule has 2 aromatic rings. The molecule has 2 rings (SSSR count). The minimum atomic E-state index is 0.0779. The van der Waals surface area contributed by atoms with Gasteiger partial charge < -0.3 is 10.4 Å². The number of unbranched alkanes of at least 4 members (excludes halogenated alkanes) is 1. The topological polar surface area (TPSA) is 50.1 Å². The van der Waals surface area contributed by atoms with E-state index in [9.17, 15) is 5.11 Å². The molecule has 4 nitrogen and oxygen atoms in total. The van der Waals surface area contributed by atoms with E-state index in [2.05, 4.69) is 41.9 Å². The van der Waals surface area contributed by atoms with E-state index in [1.54, 1.807) is 0 Å². The summed E-state index contributed by atoms with van der Waals surface area (Å²) in [7, 11) is 0. The first kappa shape index (κ1) is 15.6. The monoisotopic (exact) mass is 287 g/mol. The lowest BCUT2D eigenvalue weighted by atomic mass is 10.1. The second kappa shape index (κ2) is 7.27. The van der Waals surface area contributed by atoms with Gasteiger partial charge in [-0.25, -0.2) is 0 Å². The number of anilines is 1. The van der Waals surface area contributed by atoms with Crippen molar-refractivity contribution in [3.05, 3.63) is 47.3 Å². The van der Waals surface area contributed by atoms with Crippen molar-refractivity contribution in [3.63, 3.8) is 0 Å². The standard InChI is InChI=1S/C17H25N3O/c1-4-5-9-20-14(3)17(11-18-20)19-13(2)16-8-6-7-15(10-16)12-21/h6-8,10-11,13,19,21H,4-5,9,12H2,1-3H3. The molecule has 0 aliphatic carbocycles. The van der Waals surface area contributed by atoms with Crippen LogP contribution in [-0.2, 0) is 13.2 Å². The molecule has 0 fully saturated rings. The van der Waals surface area contributed by atoms with Crippen LogP contribution in [0.1, 0.15) is 49.6 Å². The molecule has 2 N–H and O–H groups in total. The predicted octanol–water partition coefficient (Wildman–Crippen LogP) is 3.66. The summed E-state index contributed by atoms with van der Waals surface area (Å²) in [6.45, 7) is 7.46. The first-order valence-electron chi connectivity index (χ1n) is 7.64. The summed E-state index contributed by atoms with van der Waals surface area (Å²) >= 11 is 0. The molecule has 0 bridgehead atoms. The highest BCUT2D eigenvalue weighted by molar-refractivity contribution is 5.48. The number of aliphatic hydroxyl groups is 1. The molecule has 1 aromatic carbocycles. The van der Waals surface area contributed by atoms with Crippen LogP contribution in [0.15, 0.2) is 30.5 Å². The number of aliphatic hydroxyl groups excluding tert-OH is 1. The van der Waals surface area contributed by atoms with Crippen molar-refractivity contribution in [3.8, 4) is 0 Å². The van der Waals surface area contributed by atoms with Crippen molar-refractivity contribution in [1.29, 1.82) is 0 Å². The third-order valence-electron chi connectivity index (χ3n) is 3.83. The molecule has 0 amide bonds. The maximum Gasteiger partial charge on any atom is 0.0760 e. The van der Waals surface area contributed by atoms with Crippen molar-refractivity contribution in [1.82, 2.24) is 9.78 Å². The van der Waals surface area contributed by atoms with E-state index >= 15 is 0 Å². The lowest BCUT2D eigenvalue weighted by Crippen LogP contribution is -2.08. The van der Waals surface area contributed by atoms with Crippen molar-refractivity contribution < 1.29 is 5.11 Å². The number of hydrogen-bond acceptors (Lipinski definition) is 3. The van der Waals surface area contributed by atoms with E-state index in [0.717, 1.165) is 24.2 Å². The van der Waals surface area contributed by atoms with Gasteiger partial charge in [-0.2, -0.15) is 5.10 Å². The second-order valence-corrected chi connectivity index (χ2v) is 5.49. The molecule has 0 aliphatic heterocycles. The molecule has 1 unspecified atom stereocenters. The highest BCUT2D eigenvalue weighted by atomic mass is 16.3. The first-order chi connectivity index (χ1) is 10.2.